The number of hydrogen-bond acceptors (Lipinski definition) is 6. The minimum atomic E-state index is -1.44. The highest BCUT2D eigenvalue weighted by atomic mass is 16.5. The lowest BCUT2D eigenvalue weighted by Crippen LogP contribution is -2.46. The summed E-state index contributed by atoms with van der Waals surface area (Å²) in [5.41, 5.74) is 7.00. The molecular weight excluding hydrogens is 346 g/mol. The Morgan fingerprint density at radius 1 is 1.52 bits per heavy atom. The number of aromatic amines is 1. The number of hydrogen-bond donors (Lipinski definition) is 2. The third kappa shape index (κ3) is 2.00. The number of H-pyrrole nitrogens is 1. The Balaban J connectivity index is 2.12. The summed E-state index contributed by atoms with van der Waals surface area (Å²) in [7, 11) is 1.54. The van der Waals surface area contributed by atoms with E-state index in [4.69, 9.17) is 15.2 Å². The van der Waals surface area contributed by atoms with Gasteiger partial charge in [-0.05, 0) is 6.07 Å². The molecule has 0 aliphatic carbocycles. The summed E-state index contributed by atoms with van der Waals surface area (Å²) in [4.78, 5) is 15.3. The zero-order valence-electron chi connectivity index (χ0n) is 14.7. The highest BCUT2D eigenvalue weighted by molar-refractivity contribution is 6.14. The maximum Gasteiger partial charge on any atom is 0.248 e. The van der Waals surface area contributed by atoms with Crippen molar-refractivity contribution in [3.63, 3.8) is 0 Å². The molecule has 4 rings (SSSR count). The molecule has 1 atom stereocenters. The van der Waals surface area contributed by atoms with Crippen LogP contribution >= 0.6 is 0 Å². The summed E-state index contributed by atoms with van der Waals surface area (Å²) in [5.74, 6) is -0.266. The van der Waals surface area contributed by atoms with Crippen LogP contribution in [0.2, 0.25) is 0 Å². The molecule has 0 unspecified atom stereocenters. The van der Waals surface area contributed by atoms with Crippen LogP contribution in [0.15, 0.2) is 48.4 Å². The molecule has 2 aliphatic heterocycles. The second-order valence-electron chi connectivity index (χ2n) is 6.24. The van der Waals surface area contributed by atoms with Gasteiger partial charge in [0.2, 0.25) is 17.7 Å². The van der Waals surface area contributed by atoms with Crippen LogP contribution in [0.3, 0.4) is 0 Å². The van der Waals surface area contributed by atoms with E-state index in [1.807, 2.05) is 24.3 Å². The van der Waals surface area contributed by atoms with Gasteiger partial charge in [-0.2, -0.15) is 5.26 Å². The van der Waals surface area contributed by atoms with Gasteiger partial charge in [-0.3, -0.25) is 9.89 Å². The van der Waals surface area contributed by atoms with E-state index in [0.717, 1.165) is 0 Å². The van der Waals surface area contributed by atoms with E-state index in [1.165, 1.54) is 7.11 Å². The monoisotopic (exact) mass is 363 g/mol. The number of nitrogens with two attached hydrogens (primary N) is 1. The molecule has 8 nitrogen and oxygen atoms in total. The van der Waals surface area contributed by atoms with Crippen molar-refractivity contribution in [1.82, 2.24) is 10.2 Å². The summed E-state index contributed by atoms with van der Waals surface area (Å²) < 4.78 is 10.8. The Bertz CT molecular complexity index is 1030. The van der Waals surface area contributed by atoms with Gasteiger partial charge in [-0.1, -0.05) is 24.3 Å². The summed E-state index contributed by atoms with van der Waals surface area (Å²) in [6.45, 7) is 4.21. The normalized spacial score (nSPS) is 20.3. The first kappa shape index (κ1) is 16.9. The van der Waals surface area contributed by atoms with Gasteiger partial charge in [0.15, 0.2) is 0 Å². The predicted octanol–water partition coefficient (Wildman–Crippen LogP) is 1.46. The Morgan fingerprint density at radius 2 is 2.30 bits per heavy atom. The average molecular weight is 363 g/mol. The van der Waals surface area contributed by atoms with Gasteiger partial charge >= 0.3 is 0 Å². The lowest BCUT2D eigenvalue weighted by atomic mass is 9.69. The third-order valence-electron chi connectivity index (χ3n) is 4.89. The van der Waals surface area contributed by atoms with Gasteiger partial charge in [0.1, 0.15) is 17.1 Å². The first-order chi connectivity index (χ1) is 13.1. The van der Waals surface area contributed by atoms with E-state index >= 15 is 0 Å². The van der Waals surface area contributed by atoms with Crippen molar-refractivity contribution in [2.75, 3.05) is 18.6 Å². The molecular formula is C19H17N5O3. The molecule has 2 aliphatic rings. The van der Waals surface area contributed by atoms with Crippen LogP contribution in [0.5, 0.6) is 5.88 Å². The summed E-state index contributed by atoms with van der Waals surface area (Å²) in [5, 5.41) is 16.9. The number of amides is 1. The van der Waals surface area contributed by atoms with Crippen LogP contribution in [-0.4, -0.2) is 29.8 Å². The number of carbonyl (C=O) groups excluding carboxylic acids is 1. The Hall–Kier alpha value is -3.57. The molecule has 2 aromatic rings. The number of aromatic nitrogens is 2. The molecule has 0 fully saturated rings. The molecule has 0 saturated carbocycles. The number of nitrogens with zero attached hydrogens (tertiary/aromatic N) is 3. The van der Waals surface area contributed by atoms with E-state index in [-0.39, 0.29) is 29.9 Å². The molecule has 0 radical (unpaired) electrons. The van der Waals surface area contributed by atoms with Crippen LogP contribution in [0.1, 0.15) is 16.8 Å². The van der Waals surface area contributed by atoms with Crippen LogP contribution in [-0.2, 0) is 21.6 Å². The van der Waals surface area contributed by atoms with Crippen LogP contribution in [0, 0.1) is 11.3 Å². The van der Waals surface area contributed by atoms with Crippen molar-refractivity contribution in [2.45, 2.75) is 12.0 Å². The summed E-state index contributed by atoms with van der Waals surface area (Å²) in [6, 6.07) is 9.41. The fourth-order valence-electron chi connectivity index (χ4n) is 3.92. The number of ether oxygens (including phenoxy) is 2. The molecule has 1 aromatic heterocycles. The Labute approximate surface area is 155 Å². The van der Waals surface area contributed by atoms with Crippen LogP contribution in [0.4, 0.5) is 5.69 Å². The van der Waals surface area contributed by atoms with E-state index in [2.05, 4.69) is 22.8 Å². The largest absolute Gasteiger partial charge is 0.420 e. The maximum atomic E-state index is 13.8. The Morgan fingerprint density at radius 3 is 3.00 bits per heavy atom. The molecule has 1 spiro atoms. The SMILES string of the molecule is C=CCN1C(=O)[C@]2(C(C#N)=C(N)Oc3n[nH]c(COC)c32)c2ccccc21. The number of fused-ring (bicyclic) bond motifs is 4. The van der Waals surface area contributed by atoms with Gasteiger partial charge in [-0.25, -0.2) is 0 Å². The number of nitriles is 1. The fraction of sp³-hybridized carbons (Fsp3) is 0.211. The molecule has 3 N–H and O–H groups in total. The van der Waals surface area contributed by atoms with Gasteiger partial charge < -0.3 is 20.1 Å². The highest BCUT2D eigenvalue weighted by Crippen LogP contribution is 2.55. The minimum absolute atomic E-state index is 0.0396. The molecule has 3 heterocycles. The lowest BCUT2D eigenvalue weighted by molar-refractivity contribution is -0.120. The number of carbonyl (C=O) groups is 1. The molecule has 136 valence electrons. The zero-order chi connectivity index (χ0) is 19.2. The minimum Gasteiger partial charge on any atom is -0.420 e. The molecule has 1 aromatic carbocycles. The highest BCUT2D eigenvalue weighted by Gasteiger charge is 2.60. The number of anilines is 1. The van der Waals surface area contributed by atoms with Crippen molar-refractivity contribution in [3.05, 3.63) is 65.2 Å². The smallest absolute Gasteiger partial charge is 0.248 e. The Kier molecular flexibility index (Phi) is 3.75. The second-order valence-corrected chi connectivity index (χ2v) is 6.24. The first-order valence-corrected chi connectivity index (χ1v) is 8.28. The van der Waals surface area contributed by atoms with Crippen LogP contribution < -0.4 is 15.4 Å². The first-order valence-electron chi connectivity index (χ1n) is 8.28. The van der Waals surface area contributed by atoms with Crippen molar-refractivity contribution in [2.24, 2.45) is 5.73 Å². The van der Waals surface area contributed by atoms with Gasteiger partial charge in [0.25, 0.3) is 0 Å². The third-order valence-corrected chi connectivity index (χ3v) is 4.89. The topological polar surface area (TPSA) is 117 Å². The number of benzene rings is 1. The van der Waals surface area contributed by atoms with E-state index < -0.39 is 5.41 Å². The molecule has 0 saturated heterocycles. The summed E-state index contributed by atoms with van der Waals surface area (Å²) in [6.07, 6.45) is 1.64. The zero-order valence-corrected chi connectivity index (χ0v) is 14.7. The fourth-order valence-corrected chi connectivity index (χ4v) is 3.92. The lowest BCUT2D eigenvalue weighted by Gasteiger charge is -2.32. The number of rotatable bonds is 4. The van der Waals surface area contributed by atoms with Crippen molar-refractivity contribution >= 4 is 11.6 Å². The van der Waals surface area contributed by atoms with Gasteiger partial charge in [0, 0.05) is 24.9 Å². The maximum absolute atomic E-state index is 13.8. The second kappa shape index (κ2) is 6.00. The number of para-hydroxylation sites is 1. The number of nitrogens with one attached hydrogen (secondary N) is 1. The number of methoxy groups -OCH3 is 1. The van der Waals surface area contributed by atoms with E-state index in [1.54, 1.807) is 11.0 Å². The molecule has 27 heavy (non-hydrogen) atoms. The van der Waals surface area contributed by atoms with Gasteiger partial charge in [0.05, 0.1) is 17.9 Å². The quantitative estimate of drug-likeness (QED) is 0.794. The summed E-state index contributed by atoms with van der Waals surface area (Å²) >= 11 is 0. The van der Waals surface area contributed by atoms with Crippen molar-refractivity contribution in [1.29, 1.82) is 5.26 Å². The van der Waals surface area contributed by atoms with Crippen LogP contribution in [0.25, 0.3) is 0 Å². The molecule has 8 heteroatoms. The average Bonchev–Trinajstić information content (AvgIpc) is 3.16. The van der Waals surface area contributed by atoms with Crippen molar-refractivity contribution < 1.29 is 14.3 Å². The molecule has 0 bridgehead atoms. The standard InChI is InChI=1S/C19H17N5O3/c1-3-8-24-14-7-5-4-6-11(14)19(18(24)25)12(9-20)16(21)27-17-15(19)13(10-26-2)22-23-17/h3-7H,1,8,10,21H2,2H3,(H,22,23)/t19-/m0/s1. The van der Waals surface area contributed by atoms with Gasteiger partial charge in [-0.15, -0.1) is 11.7 Å². The van der Waals surface area contributed by atoms with E-state index in [0.29, 0.717) is 29.1 Å². The van der Waals surface area contributed by atoms with E-state index in [9.17, 15) is 10.1 Å². The molecule has 1 amide bonds. The van der Waals surface area contributed by atoms with Crippen molar-refractivity contribution in [3.8, 4) is 11.9 Å². The predicted molar refractivity (Wildman–Crippen MR) is 96.5 cm³/mol.